The van der Waals surface area contributed by atoms with Gasteiger partial charge < -0.3 is 9.84 Å². The van der Waals surface area contributed by atoms with Gasteiger partial charge in [0, 0.05) is 10.4 Å². The summed E-state index contributed by atoms with van der Waals surface area (Å²) in [5.74, 6) is -0.161. The number of para-hydroxylation sites is 2. The summed E-state index contributed by atoms with van der Waals surface area (Å²) in [5.41, 5.74) is 2.33. The molecule has 0 saturated carbocycles. The molecule has 0 atom stereocenters. The largest absolute Gasteiger partial charge is 0.493 e. The number of hydrogen-bond acceptors (Lipinski definition) is 5. The molecule has 4 rings (SSSR count). The summed E-state index contributed by atoms with van der Waals surface area (Å²) >= 11 is 5.95. The SMILES string of the molecule is CCCN(CCC)Cn1c(O)c(N=NC(=O)c2ccccc2OCc2ccc(Cl)cc2)c2ccccc21. The maximum Gasteiger partial charge on any atom is 0.299 e. The van der Waals surface area contributed by atoms with Crippen molar-refractivity contribution in [3.8, 4) is 11.6 Å². The summed E-state index contributed by atoms with van der Waals surface area (Å²) in [5, 5.41) is 20.7. The first kappa shape index (κ1) is 26.4. The molecule has 3 aromatic carbocycles. The molecule has 0 saturated heterocycles. The molecule has 7 nitrogen and oxygen atoms in total. The quantitative estimate of drug-likeness (QED) is 0.207. The number of aromatic hydroxyl groups is 1. The molecule has 8 heteroatoms. The predicted molar refractivity (Wildman–Crippen MR) is 147 cm³/mol. The van der Waals surface area contributed by atoms with Crippen molar-refractivity contribution in [1.29, 1.82) is 0 Å². The summed E-state index contributed by atoms with van der Waals surface area (Å²) in [4.78, 5) is 15.3. The lowest BCUT2D eigenvalue weighted by atomic mass is 10.2. The summed E-state index contributed by atoms with van der Waals surface area (Å²) in [6, 6.07) is 21.8. The lowest BCUT2D eigenvalue weighted by Gasteiger charge is -2.22. The molecule has 1 N–H and O–H groups in total. The number of amides is 1. The van der Waals surface area contributed by atoms with E-state index in [9.17, 15) is 9.90 Å². The van der Waals surface area contributed by atoms with Crippen molar-refractivity contribution in [2.45, 2.75) is 40.0 Å². The van der Waals surface area contributed by atoms with Crippen LogP contribution in [0, 0.1) is 0 Å². The third kappa shape index (κ3) is 6.37. The second-order valence-corrected chi connectivity index (χ2v) is 9.23. The minimum atomic E-state index is -0.554. The van der Waals surface area contributed by atoms with Gasteiger partial charge in [-0.1, -0.05) is 67.9 Å². The number of carbonyl (C=O) groups is 1. The normalized spacial score (nSPS) is 11.6. The van der Waals surface area contributed by atoms with Crippen molar-refractivity contribution in [3.63, 3.8) is 0 Å². The fourth-order valence-corrected chi connectivity index (χ4v) is 4.39. The zero-order chi connectivity index (χ0) is 26.2. The van der Waals surface area contributed by atoms with Crippen molar-refractivity contribution in [2.24, 2.45) is 10.2 Å². The van der Waals surface area contributed by atoms with Crippen LogP contribution in [-0.4, -0.2) is 33.6 Å². The molecular weight excluding hydrogens is 488 g/mol. The highest BCUT2D eigenvalue weighted by atomic mass is 35.5. The molecule has 0 spiro atoms. The Morgan fingerprint density at radius 1 is 0.973 bits per heavy atom. The zero-order valence-corrected chi connectivity index (χ0v) is 21.9. The Kier molecular flexibility index (Phi) is 8.93. The number of nitrogens with zero attached hydrogens (tertiary/aromatic N) is 4. The molecule has 1 aromatic heterocycles. The van der Waals surface area contributed by atoms with Crippen LogP contribution >= 0.6 is 11.6 Å². The second-order valence-electron chi connectivity index (χ2n) is 8.79. The van der Waals surface area contributed by atoms with Crippen LogP contribution in [0.3, 0.4) is 0 Å². The zero-order valence-electron chi connectivity index (χ0n) is 21.1. The monoisotopic (exact) mass is 518 g/mol. The van der Waals surface area contributed by atoms with Crippen LogP contribution in [-0.2, 0) is 13.3 Å². The third-order valence-corrected chi connectivity index (χ3v) is 6.26. The Hall–Kier alpha value is -3.68. The van der Waals surface area contributed by atoms with E-state index in [1.807, 2.05) is 41.0 Å². The lowest BCUT2D eigenvalue weighted by molar-refractivity contribution is 0.0990. The van der Waals surface area contributed by atoms with Crippen LogP contribution in [0.25, 0.3) is 10.9 Å². The van der Waals surface area contributed by atoms with E-state index in [0.717, 1.165) is 42.4 Å². The van der Waals surface area contributed by atoms with Gasteiger partial charge in [-0.15, -0.1) is 10.2 Å². The highest BCUT2D eigenvalue weighted by Gasteiger charge is 2.19. The van der Waals surface area contributed by atoms with Gasteiger partial charge in [-0.05, 0) is 61.8 Å². The van der Waals surface area contributed by atoms with Crippen molar-refractivity contribution in [2.75, 3.05) is 13.1 Å². The molecule has 0 bridgehead atoms. The Labute approximate surface area is 222 Å². The molecule has 0 aliphatic heterocycles. The van der Waals surface area contributed by atoms with Crippen molar-refractivity contribution < 1.29 is 14.6 Å². The first-order valence-electron chi connectivity index (χ1n) is 12.5. The molecule has 0 fully saturated rings. The Balaban J connectivity index is 1.58. The van der Waals surface area contributed by atoms with E-state index in [1.54, 1.807) is 36.4 Å². The maximum atomic E-state index is 13.0. The Morgan fingerprint density at radius 2 is 1.65 bits per heavy atom. The average molecular weight is 519 g/mol. The number of hydrogen-bond donors (Lipinski definition) is 1. The molecule has 0 aliphatic rings. The van der Waals surface area contributed by atoms with Gasteiger partial charge in [0.2, 0.25) is 5.88 Å². The van der Waals surface area contributed by atoms with Gasteiger partial charge >= 0.3 is 0 Å². The first-order valence-corrected chi connectivity index (χ1v) is 12.8. The molecule has 0 unspecified atom stereocenters. The molecule has 1 heterocycles. The first-order chi connectivity index (χ1) is 18.0. The molecular formula is C29H31ClN4O3. The third-order valence-electron chi connectivity index (χ3n) is 6.00. The van der Waals surface area contributed by atoms with E-state index in [2.05, 4.69) is 29.0 Å². The molecule has 0 aliphatic carbocycles. The van der Waals surface area contributed by atoms with Gasteiger partial charge in [0.1, 0.15) is 12.4 Å². The average Bonchev–Trinajstić information content (AvgIpc) is 3.17. The standard InChI is InChI=1S/C29H31ClN4O3/c1-3-17-33(18-4-2)20-34-25-11-7-5-9-23(25)27(29(34)36)31-32-28(35)24-10-6-8-12-26(24)37-19-21-13-15-22(30)16-14-21/h5-16,36H,3-4,17-20H2,1-2H3. The number of rotatable bonds is 11. The van der Waals surface area contributed by atoms with Crippen LogP contribution in [0.15, 0.2) is 83.0 Å². The van der Waals surface area contributed by atoms with Crippen LogP contribution < -0.4 is 4.74 Å². The molecule has 37 heavy (non-hydrogen) atoms. The van der Waals surface area contributed by atoms with Crippen molar-refractivity contribution in [3.05, 3.63) is 88.9 Å². The van der Waals surface area contributed by atoms with E-state index >= 15 is 0 Å². The number of fused-ring (bicyclic) bond motifs is 1. The van der Waals surface area contributed by atoms with Crippen LogP contribution in [0.4, 0.5) is 5.69 Å². The fourth-order valence-electron chi connectivity index (χ4n) is 4.26. The van der Waals surface area contributed by atoms with Crippen LogP contribution in [0.5, 0.6) is 11.6 Å². The summed E-state index contributed by atoms with van der Waals surface area (Å²) in [6.45, 7) is 6.92. The van der Waals surface area contributed by atoms with Crippen molar-refractivity contribution in [1.82, 2.24) is 9.47 Å². The molecule has 192 valence electrons. The number of ether oxygens (including phenoxy) is 1. The van der Waals surface area contributed by atoms with Gasteiger partial charge in [-0.3, -0.25) is 14.3 Å². The van der Waals surface area contributed by atoms with E-state index in [4.69, 9.17) is 16.3 Å². The minimum Gasteiger partial charge on any atom is -0.493 e. The molecule has 0 radical (unpaired) electrons. The second kappa shape index (κ2) is 12.5. The Morgan fingerprint density at radius 3 is 2.38 bits per heavy atom. The summed E-state index contributed by atoms with van der Waals surface area (Å²) in [6.07, 6.45) is 2.03. The predicted octanol–water partition coefficient (Wildman–Crippen LogP) is 7.58. The van der Waals surface area contributed by atoms with E-state index in [1.165, 1.54) is 0 Å². The van der Waals surface area contributed by atoms with E-state index in [-0.39, 0.29) is 18.2 Å². The van der Waals surface area contributed by atoms with Gasteiger partial charge in [-0.2, -0.15) is 0 Å². The molecule has 1 amide bonds. The van der Waals surface area contributed by atoms with E-state index < -0.39 is 5.91 Å². The summed E-state index contributed by atoms with van der Waals surface area (Å²) < 4.78 is 7.72. The van der Waals surface area contributed by atoms with Gasteiger partial charge in [0.25, 0.3) is 5.91 Å². The highest BCUT2D eigenvalue weighted by molar-refractivity contribution is 6.30. The van der Waals surface area contributed by atoms with Gasteiger partial charge in [0.15, 0.2) is 5.69 Å². The van der Waals surface area contributed by atoms with Crippen molar-refractivity contribution >= 4 is 34.1 Å². The van der Waals surface area contributed by atoms with Gasteiger partial charge in [-0.25, -0.2) is 0 Å². The number of aromatic nitrogens is 1. The van der Waals surface area contributed by atoms with Crippen LogP contribution in [0.2, 0.25) is 5.02 Å². The molecule has 4 aromatic rings. The maximum absolute atomic E-state index is 13.0. The minimum absolute atomic E-state index is 0.0118. The number of halogens is 1. The number of benzene rings is 3. The number of azo groups is 1. The smallest absolute Gasteiger partial charge is 0.299 e. The summed E-state index contributed by atoms with van der Waals surface area (Å²) in [7, 11) is 0. The van der Waals surface area contributed by atoms with E-state index in [0.29, 0.717) is 23.0 Å². The topological polar surface area (TPSA) is 79.4 Å². The number of carbonyl (C=O) groups excluding carboxylic acids is 1. The van der Waals surface area contributed by atoms with Crippen LogP contribution in [0.1, 0.15) is 42.6 Å². The Bertz CT molecular complexity index is 1380. The fraction of sp³-hybridized carbons (Fsp3) is 0.276. The highest BCUT2D eigenvalue weighted by Crippen LogP contribution is 2.39. The van der Waals surface area contributed by atoms with Gasteiger partial charge in [0.05, 0.1) is 17.7 Å². The lowest BCUT2D eigenvalue weighted by Crippen LogP contribution is -2.27.